The second-order valence-electron chi connectivity index (χ2n) is 9.41. The van der Waals surface area contributed by atoms with Crippen molar-refractivity contribution < 1.29 is 14.3 Å². The Morgan fingerprint density at radius 2 is 1.72 bits per heavy atom. The fraction of sp³-hybridized carbons (Fsp3) is 0.194. The van der Waals surface area contributed by atoms with Crippen molar-refractivity contribution in [2.45, 2.75) is 26.2 Å². The van der Waals surface area contributed by atoms with E-state index in [1.165, 1.54) is 5.56 Å². The van der Waals surface area contributed by atoms with Crippen LogP contribution in [0.2, 0.25) is 0 Å². The molecule has 0 spiro atoms. The van der Waals surface area contributed by atoms with Gasteiger partial charge in [-0.2, -0.15) is 0 Å². The number of fused-ring (bicyclic) bond motifs is 3. The summed E-state index contributed by atoms with van der Waals surface area (Å²) in [6, 6.07) is 23.9. The molecule has 6 rings (SSSR count). The van der Waals surface area contributed by atoms with Gasteiger partial charge in [-0.25, -0.2) is 9.78 Å². The Morgan fingerprint density at radius 1 is 0.944 bits per heavy atom. The van der Waals surface area contributed by atoms with Crippen molar-refractivity contribution >= 4 is 40.1 Å². The SMILES string of the molecule is Cc1ccc(C=C2CCc3c2nc2ccccc2c3C(=O)OCC(=O)N2CCc3ccccc32)cc1. The number of esters is 1. The Kier molecular flexibility index (Phi) is 5.61. The third kappa shape index (κ3) is 3.97. The molecule has 1 aliphatic heterocycles. The number of benzene rings is 3. The highest BCUT2D eigenvalue weighted by Crippen LogP contribution is 2.38. The van der Waals surface area contributed by atoms with Gasteiger partial charge in [0.1, 0.15) is 0 Å². The molecule has 1 aliphatic carbocycles. The van der Waals surface area contributed by atoms with Gasteiger partial charge in [0.05, 0.1) is 16.8 Å². The van der Waals surface area contributed by atoms with Crippen LogP contribution in [-0.2, 0) is 22.4 Å². The number of amides is 1. The predicted molar refractivity (Wildman–Crippen MR) is 142 cm³/mol. The van der Waals surface area contributed by atoms with Crippen LogP contribution in [0.4, 0.5) is 5.69 Å². The zero-order valence-corrected chi connectivity index (χ0v) is 20.2. The fourth-order valence-electron chi connectivity index (χ4n) is 5.25. The van der Waals surface area contributed by atoms with Crippen LogP contribution < -0.4 is 4.90 Å². The first-order chi connectivity index (χ1) is 17.6. The number of carbonyl (C=O) groups is 2. The molecule has 2 aliphatic rings. The number of rotatable bonds is 4. The quantitative estimate of drug-likeness (QED) is 0.352. The maximum atomic E-state index is 13.4. The zero-order valence-electron chi connectivity index (χ0n) is 20.2. The summed E-state index contributed by atoms with van der Waals surface area (Å²) in [4.78, 5) is 33.0. The lowest BCUT2D eigenvalue weighted by atomic mass is 10.0. The summed E-state index contributed by atoms with van der Waals surface area (Å²) < 4.78 is 5.64. The maximum Gasteiger partial charge on any atom is 0.339 e. The summed E-state index contributed by atoms with van der Waals surface area (Å²) in [5.74, 6) is -0.675. The third-order valence-corrected chi connectivity index (χ3v) is 7.08. The van der Waals surface area contributed by atoms with Gasteiger partial charge >= 0.3 is 5.97 Å². The van der Waals surface area contributed by atoms with Gasteiger partial charge in [0, 0.05) is 17.6 Å². The van der Waals surface area contributed by atoms with Gasteiger partial charge in [-0.15, -0.1) is 0 Å². The molecule has 1 amide bonds. The molecule has 0 saturated heterocycles. The Morgan fingerprint density at radius 3 is 2.58 bits per heavy atom. The highest BCUT2D eigenvalue weighted by molar-refractivity contribution is 6.08. The number of hydrogen-bond donors (Lipinski definition) is 0. The molecule has 0 radical (unpaired) electrons. The molecule has 36 heavy (non-hydrogen) atoms. The lowest BCUT2D eigenvalue weighted by Gasteiger charge is -2.18. The summed E-state index contributed by atoms with van der Waals surface area (Å²) >= 11 is 0. The Labute approximate surface area is 210 Å². The number of pyridine rings is 1. The van der Waals surface area contributed by atoms with Crippen molar-refractivity contribution in [2.75, 3.05) is 18.1 Å². The molecule has 178 valence electrons. The summed E-state index contributed by atoms with van der Waals surface area (Å²) in [5.41, 5.74) is 8.50. The van der Waals surface area contributed by atoms with Gasteiger partial charge in [-0.1, -0.05) is 66.2 Å². The van der Waals surface area contributed by atoms with Crippen LogP contribution in [0.15, 0.2) is 72.8 Å². The molecule has 4 aromatic rings. The number of ether oxygens (including phenoxy) is 1. The van der Waals surface area contributed by atoms with Crippen LogP contribution in [0.25, 0.3) is 22.6 Å². The average Bonchev–Trinajstić information content (AvgIpc) is 3.51. The Bertz CT molecular complexity index is 1540. The van der Waals surface area contributed by atoms with E-state index < -0.39 is 5.97 Å². The van der Waals surface area contributed by atoms with Gasteiger partial charge in [0.15, 0.2) is 6.61 Å². The van der Waals surface area contributed by atoms with Crippen molar-refractivity contribution in [1.82, 2.24) is 4.98 Å². The van der Waals surface area contributed by atoms with Crippen LogP contribution in [0.5, 0.6) is 0 Å². The number of aromatic nitrogens is 1. The van der Waals surface area contributed by atoms with Crippen LogP contribution in [-0.4, -0.2) is 30.0 Å². The second kappa shape index (κ2) is 9.08. The summed E-state index contributed by atoms with van der Waals surface area (Å²) in [5, 5.41) is 0.761. The van der Waals surface area contributed by atoms with E-state index in [9.17, 15) is 9.59 Å². The topological polar surface area (TPSA) is 59.5 Å². The monoisotopic (exact) mass is 474 g/mol. The highest BCUT2D eigenvalue weighted by Gasteiger charge is 2.29. The first kappa shape index (κ1) is 22.2. The minimum atomic E-state index is -0.470. The van der Waals surface area contributed by atoms with Crippen LogP contribution >= 0.6 is 0 Å². The van der Waals surface area contributed by atoms with Crippen molar-refractivity contribution in [3.8, 4) is 0 Å². The molecule has 0 unspecified atom stereocenters. The molecular formula is C31H26N2O3. The Balaban J connectivity index is 1.31. The fourth-order valence-corrected chi connectivity index (χ4v) is 5.25. The van der Waals surface area contributed by atoms with Crippen molar-refractivity contribution in [3.05, 3.63) is 106 Å². The molecular weight excluding hydrogens is 448 g/mol. The minimum absolute atomic E-state index is 0.205. The molecule has 5 heteroatoms. The highest BCUT2D eigenvalue weighted by atomic mass is 16.5. The summed E-state index contributed by atoms with van der Waals surface area (Å²) in [7, 11) is 0. The van der Waals surface area contributed by atoms with Crippen molar-refractivity contribution in [2.24, 2.45) is 0 Å². The maximum absolute atomic E-state index is 13.4. The molecule has 1 aromatic heterocycles. The molecule has 0 atom stereocenters. The molecule has 3 aromatic carbocycles. The zero-order chi connectivity index (χ0) is 24.6. The smallest absolute Gasteiger partial charge is 0.339 e. The van der Waals surface area contributed by atoms with Crippen LogP contribution in [0.1, 0.15) is 44.7 Å². The second-order valence-corrected chi connectivity index (χ2v) is 9.41. The average molecular weight is 475 g/mol. The molecule has 0 N–H and O–H groups in total. The van der Waals surface area contributed by atoms with Crippen molar-refractivity contribution in [1.29, 1.82) is 0 Å². The minimum Gasteiger partial charge on any atom is -0.452 e. The Hall–Kier alpha value is -4.25. The number of para-hydroxylation sites is 2. The summed E-state index contributed by atoms with van der Waals surface area (Å²) in [6.45, 7) is 2.39. The van der Waals surface area contributed by atoms with Crippen molar-refractivity contribution in [3.63, 3.8) is 0 Å². The van der Waals surface area contributed by atoms with Gasteiger partial charge in [0.2, 0.25) is 0 Å². The number of allylic oxidation sites excluding steroid dienone is 1. The lowest BCUT2D eigenvalue weighted by Crippen LogP contribution is -2.33. The van der Waals surface area contributed by atoms with E-state index in [4.69, 9.17) is 9.72 Å². The molecule has 0 saturated carbocycles. The number of nitrogens with zero attached hydrogens (tertiary/aromatic N) is 2. The largest absolute Gasteiger partial charge is 0.452 e. The lowest BCUT2D eigenvalue weighted by molar-refractivity contribution is -0.121. The molecule has 5 nitrogen and oxygen atoms in total. The normalized spacial score (nSPS) is 15.2. The van der Waals surface area contributed by atoms with E-state index >= 15 is 0 Å². The summed E-state index contributed by atoms with van der Waals surface area (Å²) in [6.07, 6.45) is 4.48. The number of carbonyl (C=O) groups excluding carboxylic acids is 2. The number of hydrogen-bond acceptors (Lipinski definition) is 4. The molecule has 0 fully saturated rings. The van der Waals surface area contributed by atoms with E-state index in [2.05, 4.69) is 37.3 Å². The van der Waals surface area contributed by atoms with Gasteiger partial charge in [-0.3, -0.25) is 4.79 Å². The first-order valence-electron chi connectivity index (χ1n) is 12.3. The van der Waals surface area contributed by atoms with Crippen LogP contribution in [0, 0.1) is 6.92 Å². The third-order valence-electron chi connectivity index (χ3n) is 7.08. The van der Waals surface area contributed by atoms with Gasteiger partial charge in [0.25, 0.3) is 5.91 Å². The number of aryl methyl sites for hydroxylation is 1. The van der Waals surface area contributed by atoms with E-state index in [-0.39, 0.29) is 12.5 Å². The van der Waals surface area contributed by atoms with E-state index in [0.717, 1.165) is 57.4 Å². The van der Waals surface area contributed by atoms with Gasteiger partial charge < -0.3 is 9.64 Å². The standard InChI is InChI=1S/C31H26N2O3/c1-20-10-12-21(13-11-20)18-23-14-15-25-29(24-7-3-4-8-26(24)32-30(23)25)31(35)36-19-28(34)33-17-16-22-6-2-5-9-27(22)33/h2-13,18H,14-17,19H2,1H3. The first-order valence-corrected chi connectivity index (χ1v) is 12.3. The van der Waals surface area contributed by atoms with E-state index in [1.54, 1.807) is 4.90 Å². The predicted octanol–water partition coefficient (Wildman–Crippen LogP) is 5.78. The van der Waals surface area contributed by atoms with E-state index in [1.807, 2.05) is 48.5 Å². The molecule has 0 bridgehead atoms. The number of anilines is 1. The molecule has 2 heterocycles. The van der Waals surface area contributed by atoms with Gasteiger partial charge in [-0.05, 0) is 66.7 Å². The van der Waals surface area contributed by atoms with Crippen LogP contribution in [0.3, 0.4) is 0 Å². The van der Waals surface area contributed by atoms with E-state index in [0.29, 0.717) is 18.5 Å².